The Balaban J connectivity index is 1.37. The normalized spacial score (nSPS) is 28.7. The molecule has 0 saturated carbocycles. The number of fused-ring (bicyclic) bond motifs is 3. The van der Waals surface area contributed by atoms with Crippen LogP contribution in [0.1, 0.15) is 26.7 Å². The lowest BCUT2D eigenvalue weighted by Gasteiger charge is -2.41. The molecule has 2 aliphatic heterocycles. The van der Waals surface area contributed by atoms with E-state index < -0.39 is 0 Å². The van der Waals surface area contributed by atoms with Crippen molar-refractivity contribution in [1.82, 2.24) is 25.5 Å². The van der Waals surface area contributed by atoms with Gasteiger partial charge in [0.05, 0.1) is 11.8 Å². The molecule has 0 aliphatic carbocycles. The highest BCUT2D eigenvalue weighted by atomic mass is 32.2. The fraction of sp³-hybridized carbons (Fsp3) is 0.333. The standard InChI is InChI=1S/C21H21N5OS/c1-20-4-5-21(2,26-20)10-15(9-20)28-18-12-23-19(25-24-18)16-7-13-3-6-22-11-14(13)8-17(16)27/h3-8,11-12,15,26-27H,9-10H2,1-2H3/t15?,20-,21+. The van der Waals surface area contributed by atoms with Crippen LogP contribution in [-0.4, -0.2) is 41.6 Å². The van der Waals surface area contributed by atoms with Gasteiger partial charge >= 0.3 is 0 Å². The zero-order chi connectivity index (χ0) is 19.4. The van der Waals surface area contributed by atoms with Gasteiger partial charge in [0.1, 0.15) is 10.8 Å². The van der Waals surface area contributed by atoms with E-state index in [0.29, 0.717) is 16.6 Å². The summed E-state index contributed by atoms with van der Waals surface area (Å²) in [5.74, 6) is 0.552. The van der Waals surface area contributed by atoms with Crippen LogP contribution >= 0.6 is 11.8 Å². The number of phenolic OH excluding ortho intramolecular Hbond substituents is 1. The molecule has 28 heavy (non-hydrogen) atoms. The molecular weight excluding hydrogens is 370 g/mol. The van der Waals surface area contributed by atoms with E-state index in [1.807, 2.05) is 12.1 Å². The van der Waals surface area contributed by atoms with Crippen molar-refractivity contribution < 1.29 is 5.11 Å². The van der Waals surface area contributed by atoms with E-state index in [1.54, 1.807) is 36.4 Å². The number of nitrogens with one attached hydrogen (secondary N) is 1. The summed E-state index contributed by atoms with van der Waals surface area (Å²) in [6.45, 7) is 4.49. The van der Waals surface area contributed by atoms with Gasteiger partial charge in [-0.15, -0.1) is 10.2 Å². The molecule has 1 aromatic carbocycles. The second-order valence-electron chi connectivity index (χ2n) is 8.15. The largest absolute Gasteiger partial charge is 0.507 e. The first-order chi connectivity index (χ1) is 13.4. The van der Waals surface area contributed by atoms with Crippen LogP contribution in [0.2, 0.25) is 0 Å². The van der Waals surface area contributed by atoms with E-state index >= 15 is 0 Å². The van der Waals surface area contributed by atoms with Crippen molar-refractivity contribution in [1.29, 1.82) is 0 Å². The van der Waals surface area contributed by atoms with E-state index in [2.05, 4.69) is 51.5 Å². The van der Waals surface area contributed by atoms with E-state index in [-0.39, 0.29) is 16.8 Å². The summed E-state index contributed by atoms with van der Waals surface area (Å²) in [7, 11) is 0. The van der Waals surface area contributed by atoms with Crippen LogP contribution in [0, 0.1) is 0 Å². The van der Waals surface area contributed by atoms with Gasteiger partial charge in [-0.1, -0.05) is 23.9 Å². The molecule has 2 N–H and O–H groups in total. The maximum absolute atomic E-state index is 10.4. The number of hydrogen-bond donors (Lipinski definition) is 2. The molecule has 1 fully saturated rings. The molecule has 0 spiro atoms. The Hall–Kier alpha value is -2.51. The van der Waals surface area contributed by atoms with Gasteiger partial charge in [-0.3, -0.25) is 10.3 Å². The molecule has 5 rings (SSSR count). The number of thioether (sulfide) groups is 1. The molecule has 0 radical (unpaired) electrons. The zero-order valence-electron chi connectivity index (χ0n) is 15.8. The minimum Gasteiger partial charge on any atom is -0.507 e. The summed E-state index contributed by atoms with van der Waals surface area (Å²) in [6.07, 6.45) is 11.9. The second-order valence-corrected chi connectivity index (χ2v) is 9.47. The van der Waals surface area contributed by atoms with Crippen molar-refractivity contribution in [3.63, 3.8) is 0 Å². The third kappa shape index (κ3) is 3.14. The lowest BCUT2D eigenvalue weighted by atomic mass is 9.87. The Morgan fingerprint density at radius 1 is 1.07 bits per heavy atom. The second kappa shape index (κ2) is 6.25. The van der Waals surface area contributed by atoms with Gasteiger partial charge in [0, 0.05) is 34.1 Å². The van der Waals surface area contributed by atoms with Crippen LogP contribution in [0.25, 0.3) is 22.2 Å². The zero-order valence-corrected chi connectivity index (χ0v) is 16.6. The van der Waals surface area contributed by atoms with Crippen molar-refractivity contribution in [3.05, 3.63) is 48.9 Å². The van der Waals surface area contributed by atoms with Gasteiger partial charge in [0.2, 0.25) is 0 Å². The van der Waals surface area contributed by atoms with Crippen LogP contribution in [0.4, 0.5) is 0 Å². The molecule has 142 valence electrons. The van der Waals surface area contributed by atoms with Gasteiger partial charge in [-0.25, -0.2) is 4.98 Å². The van der Waals surface area contributed by atoms with Crippen LogP contribution in [0.3, 0.4) is 0 Å². The van der Waals surface area contributed by atoms with Gasteiger partial charge in [0.15, 0.2) is 5.82 Å². The predicted octanol–water partition coefficient (Wildman–Crippen LogP) is 3.72. The van der Waals surface area contributed by atoms with E-state index in [4.69, 9.17) is 0 Å². The number of rotatable bonds is 3. The Kier molecular flexibility index (Phi) is 3.93. The number of aromatic hydroxyl groups is 1. The number of piperidine rings is 1. The van der Waals surface area contributed by atoms with Crippen LogP contribution in [0.15, 0.2) is 54.0 Å². The summed E-state index contributed by atoms with van der Waals surface area (Å²) in [5, 5.41) is 25.8. The third-order valence-corrected chi connectivity index (χ3v) is 6.61. The number of benzene rings is 1. The molecule has 2 aromatic heterocycles. The molecule has 2 bridgehead atoms. The first-order valence-corrected chi connectivity index (χ1v) is 10.2. The first-order valence-electron chi connectivity index (χ1n) is 9.35. The number of aromatic nitrogens is 4. The van der Waals surface area contributed by atoms with Crippen molar-refractivity contribution in [2.24, 2.45) is 0 Å². The van der Waals surface area contributed by atoms with Crippen LogP contribution in [-0.2, 0) is 0 Å². The van der Waals surface area contributed by atoms with Crippen LogP contribution in [0.5, 0.6) is 5.75 Å². The predicted molar refractivity (Wildman–Crippen MR) is 110 cm³/mol. The van der Waals surface area contributed by atoms with Gasteiger partial charge in [0.25, 0.3) is 0 Å². The summed E-state index contributed by atoms with van der Waals surface area (Å²) < 4.78 is 0. The molecule has 4 heterocycles. The van der Waals surface area contributed by atoms with Crippen molar-refractivity contribution in [3.8, 4) is 17.1 Å². The molecule has 0 amide bonds. The summed E-state index contributed by atoms with van der Waals surface area (Å²) in [6, 6.07) is 5.45. The first kappa shape index (κ1) is 17.6. The van der Waals surface area contributed by atoms with E-state index in [9.17, 15) is 5.11 Å². The minimum absolute atomic E-state index is 0.0528. The number of nitrogens with zero attached hydrogens (tertiary/aromatic N) is 4. The lowest BCUT2D eigenvalue weighted by molar-refractivity contribution is 0.263. The maximum atomic E-state index is 10.4. The molecule has 2 aliphatic rings. The molecule has 3 aromatic rings. The summed E-state index contributed by atoms with van der Waals surface area (Å²) in [4.78, 5) is 8.55. The van der Waals surface area contributed by atoms with E-state index in [1.165, 1.54) is 0 Å². The SMILES string of the molecule is C[C@]12C=C[C@](C)(CC(Sc3cnc(-c4cc5ccncc5cc4O)nn3)C1)N2. The minimum atomic E-state index is 0.0528. The Morgan fingerprint density at radius 2 is 1.86 bits per heavy atom. The fourth-order valence-corrected chi connectivity index (χ4v) is 5.76. The molecule has 1 saturated heterocycles. The maximum Gasteiger partial charge on any atom is 0.185 e. The highest BCUT2D eigenvalue weighted by molar-refractivity contribution is 7.99. The summed E-state index contributed by atoms with van der Waals surface area (Å²) in [5.41, 5.74) is 0.681. The van der Waals surface area contributed by atoms with Crippen molar-refractivity contribution >= 4 is 22.5 Å². The Morgan fingerprint density at radius 3 is 2.57 bits per heavy atom. The Bertz CT molecular complexity index is 1070. The third-order valence-electron chi connectivity index (χ3n) is 5.52. The molecule has 1 unspecified atom stereocenters. The number of pyridine rings is 1. The van der Waals surface area contributed by atoms with Gasteiger partial charge < -0.3 is 5.11 Å². The summed E-state index contributed by atoms with van der Waals surface area (Å²) >= 11 is 1.73. The number of phenols is 1. The topological polar surface area (TPSA) is 83.8 Å². The smallest absolute Gasteiger partial charge is 0.185 e. The van der Waals surface area contributed by atoms with Gasteiger partial charge in [-0.05, 0) is 50.3 Å². The van der Waals surface area contributed by atoms with Crippen LogP contribution < -0.4 is 5.32 Å². The highest BCUT2D eigenvalue weighted by Crippen LogP contribution is 2.43. The van der Waals surface area contributed by atoms with E-state index in [0.717, 1.165) is 28.6 Å². The molecular formula is C21H21N5OS. The molecule has 3 atom stereocenters. The molecule has 7 heteroatoms. The monoisotopic (exact) mass is 391 g/mol. The Labute approximate surface area is 167 Å². The average molecular weight is 392 g/mol. The lowest BCUT2D eigenvalue weighted by Crippen LogP contribution is -2.55. The molecule has 6 nitrogen and oxygen atoms in total. The highest BCUT2D eigenvalue weighted by Gasteiger charge is 2.45. The average Bonchev–Trinajstić information content (AvgIpc) is 2.89. The fourth-order valence-electron chi connectivity index (χ4n) is 4.36. The van der Waals surface area contributed by atoms with Gasteiger partial charge in [-0.2, -0.15) is 0 Å². The van der Waals surface area contributed by atoms with Crippen molar-refractivity contribution in [2.45, 2.75) is 48.0 Å². The van der Waals surface area contributed by atoms with Crippen molar-refractivity contribution in [2.75, 3.05) is 0 Å². The quantitative estimate of drug-likeness (QED) is 0.658. The number of hydrogen-bond acceptors (Lipinski definition) is 7.